The van der Waals surface area contributed by atoms with E-state index in [2.05, 4.69) is 20.0 Å². The largest absolute Gasteiger partial charge is 0.247 e. The van der Waals surface area contributed by atoms with Crippen LogP contribution in [0.3, 0.4) is 0 Å². The average Bonchev–Trinajstić information content (AvgIpc) is 2.65. The van der Waals surface area contributed by atoms with Crippen LogP contribution >= 0.6 is 0 Å². The number of hydrogen-bond donors (Lipinski definition) is 0. The van der Waals surface area contributed by atoms with E-state index in [1.54, 1.807) is 24.3 Å². The minimum Gasteiger partial charge on any atom is -0.247 e. The van der Waals surface area contributed by atoms with Crippen LogP contribution in [0.4, 0.5) is 4.39 Å². The maximum atomic E-state index is 14.2. The van der Waals surface area contributed by atoms with Crippen molar-refractivity contribution in [2.24, 2.45) is 20.0 Å². The first-order chi connectivity index (χ1) is 13.2. The van der Waals surface area contributed by atoms with Crippen molar-refractivity contribution < 1.29 is 23.6 Å². The molecule has 0 aromatic rings. The van der Waals surface area contributed by atoms with Gasteiger partial charge in [-0.3, -0.25) is 0 Å². The molecule has 27 heavy (non-hydrogen) atoms. The van der Waals surface area contributed by atoms with Crippen LogP contribution in [-0.4, -0.2) is 55.7 Å². The molecule has 0 radical (unpaired) electrons. The Bertz CT molecular complexity index is 669. The minimum atomic E-state index is -1.23. The van der Waals surface area contributed by atoms with Crippen LogP contribution in [0.25, 0.3) is 0 Å². The highest BCUT2D eigenvalue weighted by atomic mass is 19.1. The van der Waals surface area contributed by atoms with Crippen molar-refractivity contribution >= 4 is 24.3 Å². The van der Waals surface area contributed by atoms with E-state index in [0.29, 0.717) is 19.3 Å². The van der Waals surface area contributed by atoms with E-state index in [9.17, 15) is 23.6 Å². The second-order valence-electron chi connectivity index (χ2n) is 5.44. The third-order valence-corrected chi connectivity index (χ3v) is 3.48. The van der Waals surface area contributed by atoms with Gasteiger partial charge in [0.25, 0.3) is 0 Å². The summed E-state index contributed by atoms with van der Waals surface area (Å²) in [6.07, 6.45) is 12.2. The summed E-state index contributed by atoms with van der Waals surface area (Å²) in [5, 5.41) is 0. The van der Waals surface area contributed by atoms with E-state index in [1.807, 2.05) is 0 Å². The molecule has 0 rings (SSSR count). The topological polar surface area (TPSA) is 118 Å². The maximum absolute atomic E-state index is 14.2. The highest BCUT2D eigenvalue weighted by molar-refractivity contribution is 5.34. The van der Waals surface area contributed by atoms with Crippen LogP contribution in [0.15, 0.2) is 44.3 Å². The van der Waals surface area contributed by atoms with Crippen molar-refractivity contribution in [3.8, 4) is 0 Å². The van der Waals surface area contributed by atoms with Gasteiger partial charge in [-0.15, -0.1) is 0 Å². The number of rotatable bonds is 15. The molecule has 0 N–H and O–H groups in total. The predicted molar refractivity (Wildman–Crippen MR) is 96.1 cm³/mol. The molecule has 0 bridgehead atoms. The van der Waals surface area contributed by atoms with Gasteiger partial charge in [-0.25, -0.2) is 43.5 Å². The molecule has 0 aliphatic rings. The molecule has 3 atom stereocenters. The van der Waals surface area contributed by atoms with E-state index >= 15 is 0 Å². The number of halogens is 1. The fourth-order valence-corrected chi connectivity index (χ4v) is 2.21. The Balaban J connectivity index is 4.47. The number of carbonyl (C=O) groups excluding carboxylic acids is 4. The molecule has 0 aromatic carbocycles. The Kier molecular flexibility index (Phi) is 15.7. The summed E-state index contributed by atoms with van der Waals surface area (Å²) in [6, 6.07) is -0.991. The molecule has 0 aromatic heterocycles. The van der Waals surface area contributed by atoms with Gasteiger partial charge in [0.15, 0.2) is 0 Å². The molecule has 0 aliphatic heterocycles. The quantitative estimate of drug-likeness (QED) is 0.248. The van der Waals surface area contributed by atoms with Gasteiger partial charge < -0.3 is 0 Å². The molecule has 0 saturated carbocycles. The molecule has 0 spiro atoms. The lowest BCUT2D eigenvalue weighted by atomic mass is 10.0. The lowest BCUT2D eigenvalue weighted by Gasteiger charge is -2.14. The summed E-state index contributed by atoms with van der Waals surface area (Å²) in [4.78, 5) is 54.7. The zero-order valence-corrected chi connectivity index (χ0v) is 14.8. The molecule has 0 amide bonds. The Morgan fingerprint density at radius 2 is 1.22 bits per heavy atom. The molecule has 0 heterocycles. The normalized spacial score (nSPS) is 13.7. The van der Waals surface area contributed by atoms with Crippen molar-refractivity contribution in [2.75, 3.05) is 13.1 Å². The number of alkyl halides is 1. The third-order valence-electron chi connectivity index (χ3n) is 3.48. The second-order valence-corrected chi connectivity index (χ2v) is 5.44. The molecule has 0 fully saturated rings. The third kappa shape index (κ3) is 14.9. The summed E-state index contributed by atoms with van der Waals surface area (Å²) in [7, 11) is 0. The van der Waals surface area contributed by atoms with Crippen LogP contribution in [0.1, 0.15) is 32.1 Å². The smallest absolute Gasteiger partial charge is 0.235 e. The number of isocyanates is 4. The Morgan fingerprint density at radius 3 is 1.74 bits per heavy atom. The molecular formula is C18H21FN4O4. The monoisotopic (exact) mass is 376 g/mol. The number of nitrogens with zero attached hydrogens (tertiary/aromatic N) is 4. The molecular weight excluding hydrogens is 355 g/mol. The van der Waals surface area contributed by atoms with Crippen LogP contribution < -0.4 is 0 Å². The lowest BCUT2D eigenvalue weighted by molar-refractivity contribution is 0.267. The fraction of sp³-hybridized carbons (Fsp3) is 0.556. The first kappa shape index (κ1) is 23.9. The van der Waals surface area contributed by atoms with Crippen molar-refractivity contribution in [3.05, 3.63) is 24.3 Å². The zero-order chi connectivity index (χ0) is 20.2. The van der Waals surface area contributed by atoms with E-state index in [0.717, 1.165) is 0 Å². The minimum absolute atomic E-state index is 0.0257. The van der Waals surface area contributed by atoms with Gasteiger partial charge in [0.2, 0.25) is 24.3 Å². The van der Waals surface area contributed by atoms with Crippen molar-refractivity contribution in [1.82, 2.24) is 0 Å². The molecule has 144 valence electrons. The maximum Gasteiger partial charge on any atom is 0.235 e. The van der Waals surface area contributed by atoms with E-state index in [4.69, 9.17) is 0 Å². The van der Waals surface area contributed by atoms with Crippen LogP contribution in [0.5, 0.6) is 0 Å². The Morgan fingerprint density at radius 1 is 0.704 bits per heavy atom. The lowest BCUT2D eigenvalue weighted by Crippen LogP contribution is -2.15. The SMILES string of the molecule is O=C=NCC=CCC(CCC(F)CC(CC=CCN=C=O)N=C=O)N=C=O. The fourth-order valence-electron chi connectivity index (χ4n) is 2.21. The van der Waals surface area contributed by atoms with Gasteiger partial charge in [0.1, 0.15) is 6.17 Å². The van der Waals surface area contributed by atoms with Crippen molar-refractivity contribution in [3.63, 3.8) is 0 Å². The average molecular weight is 376 g/mol. The van der Waals surface area contributed by atoms with E-state index in [1.165, 1.54) is 24.3 Å². The molecule has 0 saturated heterocycles. The van der Waals surface area contributed by atoms with Gasteiger partial charge in [-0.1, -0.05) is 24.3 Å². The first-order valence-electron chi connectivity index (χ1n) is 8.33. The van der Waals surface area contributed by atoms with Gasteiger partial charge in [0, 0.05) is 6.42 Å². The van der Waals surface area contributed by atoms with E-state index < -0.39 is 18.3 Å². The molecule has 9 heteroatoms. The van der Waals surface area contributed by atoms with Gasteiger partial charge in [-0.2, -0.15) is 0 Å². The van der Waals surface area contributed by atoms with Gasteiger partial charge in [0.05, 0.1) is 25.2 Å². The first-order valence-corrected chi connectivity index (χ1v) is 8.33. The number of aliphatic imine (C=N–C) groups is 4. The summed E-state index contributed by atoms with van der Waals surface area (Å²) in [5.41, 5.74) is 0. The van der Waals surface area contributed by atoms with Crippen LogP contribution in [-0.2, 0) is 19.2 Å². The zero-order valence-electron chi connectivity index (χ0n) is 14.8. The summed E-state index contributed by atoms with van der Waals surface area (Å²) < 4.78 is 14.2. The second kappa shape index (κ2) is 17.7. The number of hydrogen-bond acceptors (Lipinski definition) is 8. The van der Waals surface area contributed by atoms with E-state index in [-0.39, 0.29) is 25.9 Å². The van der Waals surface area contributed by atoms with Crippen molar-refractivity contribution in [1.29, 1.82) is 0 Å². The summed E-state index contributed by atoms with van der Waals surface area (Å²) >= 11 is 0. The molecule has 8 nitrogen and oxygen atoms in total. The van der Waals surface area contributed by atoms with Crippen LogP contribution in [0, 0.1) is 0 Å². The standard InChI is InChI=1S/C18H21FN4O4/c19-16(11-18(23-15-27)6-2-4-10-21-13-25)7-8-17(22-14-26)5-1-3-9-20-12-24/h1-4,16-18H,5-11H2. The summed E-state index contributed by atoms with van der Waals surface area (Å²) in [5.74, 6) is 0. The highest BCUT2D eigenvalue weighted by Crippen LogP contribution is 2.18. The van der Waals surface area contributed by atoms with Gasteiger partial charge >= 0.3 is 0 Å². The summed E-state index contributed by atoms with van der Waals surface area (Å²) in [6.45, 7) is 0.348. The Labute approximate surface area is 156 Å². The molecule has 0 aliphatic carbocycles. The Hall–Kier alpha value is -3.07. The van der Waals surface area contributed by atoms with Crippen molar-refractivity contribution in [2.45, 2.75) is 50.4 Å². The van der Waals surface area contributed by atoms with Crippen LogP contribution in [0.2, 0.25) is 0 Å². The highest BCUT2D eigenvalue weighted by Gasteiger charge is 2.16. The van der Waals surface area contributed by atoms with Gasteiger partial charge in [-0.05, 0) is 25.7 Å². The molecule has 3 unspecified atom stereocenters. The predicted octanol–water partition coefficient (Wildman–Crippen LogP) is 2.47.